The smallest absolute Gasteiger partial charge is 0.266 e. The van der Waals surface area contributed by atoms with Crippen LogP contribution < -0.4 is 0 Å². The number of fused-ring (bicyclic) bond motifs is 1. The summed E-state index contributed by atoms with van der Waals surface area (Å²) in [7, 11) is 0. The molecule has 0 aliphatic carbocycles. The van der Waals surface area contributed by atoms with Crippen molar-refractivity contribution in [1.29, 1.82) is 0 Å². The van der Waals surface area contributed by atoms with Crippen LogP contribution in [-0.4, -0.2) is 16.9 Å². The normalized spacial score (nSPS) is 13.8. The topological polar surface area (TPSA) is 46.6 Å². The number of benzene rings is 2. The number of rotatable bonds is 3. The Kier molecular flexibility index (Phi) is 3.26. The van der Waals surface area contributed by atoms with Crippen molar-refractivity contribution in [2.75, 3.05) is 0 Å². The molecule has 2 aromatic carbocycles. The average molecular weight is 288 g/mol. The van der Waals surface area contributed by atoms with Gasteiger partial charge in [-0.05, 0) is 23.8 Å². The van der Waals surface area contributed by atoms with Gasteiger partial charge >= 0.3 is 0 Å². The van der Waals surface area contributed by atoms with Crippen molar-refractivity contribution in [3.63, 3.8) is 0 Å². The van der Waals surface area contributed by atoms with E-state index in [1.165, 1.54) is 0 Å². The Labute approximate surface area is 120 Å². The molecule has 3 rings (SSSR count). The summed E-state index contributed by atoms with van der Waals surface area (Å²) in [6, 6.07) is 13.7. The second kappa shape index (κ2) is 5.07. The van der Waals surface area contributed by atoms with Crippen LogP contribution in [-0.2, 0) is 11.4 Å². The minimum absolute atomic E-state index is 0.0607. The molecule has 0 saturated carbocycles. The largest absolute Gasteiger partial charge is 0.285 e. The molecule has 5 heteroatoms. The van der Waals surface area contributed by atoms with Gasteiger partial charge in [-0.15, -0.1) is 5.06 Å². The molecule has 0 radical (unpaired) electrons. The van der Waals surface area contributed by atoms with E-state index in [4.69, 9.17) is 16.4 Å². The highest BCUT2D eigenvalue weighted by Gasteiger charge is 2.36. The maximum atomic E-state index is 12.1. The summed E-state index contributed by atoms with van der Waals surface area (Å²) >= 11 is 6.00. The van der Waals surface area contributed by atoms with E-state index in [0.29, 0.717) is 21.7 Å². The average Bonchev–Trinajstić information content (AvgIpc) is 2.71. The minimum Gasteiger partial charge on any atom is -0.266 e. The molecule has 0 saturated heterocycles. The number of imide groups is 1. The fourth-order valence-corrected chi connectivity index (χ4v) is 2.22. The molecule has 20 heavy (non-hydrogen) atoms. The van der Waals surface area contributed by atoms with Crippen LogP contribution in [0.2, 0.25) is 5.02 Å². The van der Waals surface area contributed by atoms with E-state index in [1.54, 1.807) is 42.5 Å². The second-order valence-corrected chi connectivity index (χ2v) is 4.72. The summed E-state index contributed by atoms with van der Waals surface area (Å²) in [5, 5.41) is 1.32. The fourth-order valence-electron chi connectivity index (χ4n) is 2.03. The monoisotopic (exact) mass is 287 g/mol. The number of hydrogen-bond donors (Lipinski definition) is 0. The molecule has 2 aromatic rings. The molecule has 0 spiro atoms. The van der Waals surface area contributed by atoms with Crippen LogP contribution in [0, 0.1) is 0 Å². The first-order chi connectivity index (χ1) is 9.68. The summed E-state index contributed by atoms with van der Waals surface area (Å²) in [6.45, 7) is 0.0607. The van der Waals surface area contributed by atoms with Gasteiger partial charge in [0.1, 0.15) is 6.61 Å². The third-order valence-electron chi connectivity index (χ3n) is 3.06. The Morgan fingerprint density at radius 1 is 0.900 bits per heavy atom. The molecule has 1 aliphatic heterocycles. The van der Waals surface area contributed by atoms with Crippen LogP contribution >= 0.6 is 11.6 Å². The third kappa shape index (κ3) is 2.09. The Bertz CT molecular complexity index is 664. The lowest BCUT2D eigenvalue weighted by atomic mass is 10.1. The van der Waals surface area contributed by atoms with Gasteiger partial charge in [-0.2, -0.15) is 0 Å². The minimum atomic E-state index is -0.447. The van der Waals surface area contributed by atoms with Crippen molar-refractivity contribution in [1.82, 2.24) is 5.06 Å². The van der Waals surface area contributed by atoms with Crippen molar-refractivity contribution < 1.29 is 14.4 Å². The molecule has 0 unspecified atom stereocenters. The summed E-state index contributed by atoms with van der Waals surface area (Å²) in [6.07, 6.45) is 0. The number of carbonyl (C=O) groups excluding carboxylic acids is 2. The number of hydrogen-bond acceptors (Lipinski definition) is 3. The van der Waals surface area contributed by atoms with Gasteiger partial charge in [-0.25, -0.2) is 0 Å². The first-order valence-corrected chi connectivity index (χ1v) is 6.40. The molecule has 100 valence electrons. The number of halogens is 1. The van der Waals surface area contributed by atoms with Gasteiger partial charge < -0.3 is 0 Å². The highest BCUT2D eigenvalue weighted by molar-refractivity contribution is 6.31. The zero-order chi connectivity index (χ0) is 14.1. The third-order valence-corrected chi connectivity index (χ3v) is 3.43. The first-order valence-electron chi connectivity index (χ1n) is 6.02. The predicted molar refractivity (Wildman–Crippen MR) is 73.2 cm³/mol. The van der Waals surface area contributed by atoms with Crippen LogP contribution in [0.5, 0.6) is 0 Å². The van der Waals surface area contributed by atoms with Gasteiger partial charge in [0.25, 0.3) is 11.8 Å². The van der Waals surface area contributed by atoms with Gasteiger partial charge in [0.2, 0.25) is 0 Å². The maximum absolute atomic E-state index is 12.1. The van der Waals surface area contributed by atoms with E-state index in [-0.39, 0.29) is 6.61 Å². The van der Waals surface area contributed by atoms with Crippen LogP contribution in [0.3, 0.4) is 0 Å². The summed E-state index contributed by atoms with van der Waals surface area (Å²) in [5.74, 6) is -0.893. The molecule has 1 aliphatic rings. The molecule has 0 N–H and O–H groups in total. The van der Waals surface area contributed by atoms with Crippen LogP contribution in [0.1, 0.15) is 26.3 Å². The number of amides is 2. The van der Waals surface area contributed by atoms with Gasteiger partial charge in [0.15, 0.2) is 0 Å². The number of nitrogens with zero attached hydrogens (tertiary/aromatic N) is 1. The van der Waals surface area contributed by atoms with Crippen molar-refractivity contribution in [3.8, 4) is 0 Å². The van der Waals surface area contributed by atoms with Gasteiger partial charge in [-0.3, -0.25) is 14.4 Å². The van der Waals surface area contributed by atoms with E-state index in [1.807, 2.05) is 6.07 Å². The maximum Gasteiger partial charge on any atom is 0.285 e. The molecule has 4 nitrogen and oxygen atoms in total. The molecule has 0 bridgehead atoms. The van der Waals surface area contributed by atoms with Crippen LogP contribution in [0.25, 0.3) is 0 Å². The lowest BCUT2D eigenvalue weighted by Crippen LogP contribution is -2.29. The fraction of sp³-hybridized carbons (Fsp3) is 0.0667. The quantitative estimate of drug-likeness (QED) is 0.815. The van der Waals surface area contributed by atoms with Gasteiger partial charge in [0.05, 0.1) is 11.1 Å². The molecule has 1 heterocycles. The Morgan fingerprint density at radius 2 is 1.45 bits per heavy atom. The Morgan fingerprint density at radius 3 is 2.05 bits per heavy atom. The van der Waals surface area contributed by atoms with Crippen molar-refractivity contribution >= 4 is 23.4 Å². The summed E-state index contributed by atoms with van der Waals surface area (Å²) < 4.78 is 0. The second-order valence-electron chi connectivity index (χ2n) is 4.32. The summed E-state index contributed by atoms with van der Waals surface area (Å²) in [4.78, 5) is 29.4. The predicted octanol–water partition coefficient (Wildman–Crippen LogP) is 3.07. The van der Waals surface area contributed by atoms with Gasteiger partial charge in [-0.1, -0.05) is 41.9 Å². The summed E-state index contributed by atoms with van der Waals surface area (Å²) in [5.41, 5.74) is 1.43. The molecule has 0 fully saturated rings. The molecule has 0 aromatic heterocycles. The first kappa shape index (κ1) is 12.8. The van der Waals surface area contributed by atoms with E-state index >= 15 is 0 Å². The highest BCUT2D eigenvalue weighted by Crippen LogP contribution is 2.24. The van der Waals surface area contributed by atoms with E-state index in [0.717, 1.165) is 5.06 Å². The zero-order valence-corrected chi connectivity index (χ0v) is 11.1. The van der Waals surface area contributed by atoms with Crippen LogP contribution in [0.4, 0.5) is 0 Å². The molecular formula is C15H10ClNO3. The van der Waals surface area contributed by atoms with Crippen molar-refractivity contribution in [3.05, 3.63) is 70.2 Å². The van der Waals surface area contributed by atoms with Crippen molar-refractivity contribution in [2.24, 2.45) is 0 Å². The zero-order valence-electron chi connectivity index (χ0n) is 10.4. The van der Waals surface area contributed by atoms with E-state index < -0.39 is 11.8 Å². The Balaban J connectivity index is 1.79. The lowest BCUT2D eigenvalue weighted by molar-refractivity contribution is -0.101. The van der Waals surface area contributed by atoms with Gasteiger partial charge in [0, 0.05) is 5.02 Å². The van der Waals surface area contributed by atoms with Crippen molar-refractivity contribution in [2.45, 2.75) is 6.61 Å². The molecule has 0 atom stereocenters. The van der Waals surface area contributed by atoms with E-state index in [2.05, 4.69) is 0 Å². The number of hydroxylamine groups is 2. The van der Waals surface area contributed by atoms with Crippen LogP contribution in [0.15, 0.2) is 48.5 Å². The standard InChI is InChI=1S/C15H10ClNO3/c16-13-8-4-1-5-10(13)9-20-17-14(18)11-6-2-3-7-12(11)15(17)19/h1-8H,9H2. The molecule has 2 amide bonds. The van der Waals surface area contributed by atoms with E-state index in [9.17, 15) is 9.59 Å². The number of carbonyl (C=O) groups is 2. The highest BCUT2D eigenvalue weighted by atomic mass is 35.5. The SMILES string of the molecule is O=C1c2ccccc2C(=O)N1OCc1ccccc1Cl. The Hall–Kier alpha value is -2.17. The molecular weight excluding hydrogens is 278 g/mol. The lowest BCUT2D eigenvalue weighted by Gasteiger charge is -2.13.